The van der Waals surface area contributed by atoms with Crippen molar-refractivity contribution in [2.24, 2.45) is 5.92 Å². The molecule has 0 unspecified atom stereocenters. The van der Waals surface area contributed by atoms with Crippen LogP contribution in [0.2, 0.25) is 0 Å². The van der Waals surface area contributed by atoms with E-state index in [4.69, 9.17) is 5.11 Å². The smallest absolute Gasteiger partial charge is 0.322 e. The maximum atomic E-state index is 13.2. The molecule has 0 bridgehead atoms. The van der Waals surface area contributed by atoms with Crippen molar-refractivity contribution in [3.63, 3.8) is 0 Å². The van der Waals surface area contributed by atoms with Crippen LogP contribution in [0.3, 0.4) is 0 Å². The van der Waals surface area contributed by atoms with Crippen LogP contribution in [0.5, 0.6) is 5.75 Å². The van der Waals surface area contributed by atoms with Crippen molar-refractivity contribution in [2.75, 3.05) is 24.5 Å². The maximum Gasteiger partial charge on any atom is 0.322 e. The number of benzene rings is 2. The first-order valence-corrected chi connectivity index (χ1v) is 11.5. The third-order valence-corrected chi connectivity index (χ3v) is 6.22. The molecule has 1 fully saturated rings. The van der Waals surface area contributed by atoms with E-state index in [1.165, 1.54) is 12.1 Å². The van der Waals surface area contributed by atoms with Crippen LogP contribution >= 0.6 is 0 Å². The molecule has 2 heterocycles. The van der Waals surface area contributed by atoms with E-state index in [-0.39, 0.29) is 23.0 Å². The Balaban J connectivity index is 1.36. The lowest BCUT2D eigenvalue weighted by Crippen LogP contribution is -2.34. The first-order valence-electron chi connectivity index (χ1n) is 11.5. The fourth-order valence-electron chi connectivity index (χ4n) is 4.27. The second kappa shape index (κ2) is 10.5. The van der Waals surface area contributed by atoms with Crippen LogP contribution in [0.4, 0.5) is 10.1 Å². The van der Waals surface area contributed by atoms with Gasteiger partial charge in [0.2, 0.25) is 0 Å². The van der Waals surface area contributed by atoms with Gasteiger partial charge in [-0.05, 0) is 61.1 Å². The van der Waals surface area contributed by atoms with Gasteiger partial charge in [0.1, 0.15) is 18.2 Å². The molecule has 0 spiro atoms. The van der Waals surface area contributed by atoms with Crippen molar-refractivity contribution in [3.8, 4) is 16.9 Å². The van der Waals surface area contributed by atoms with Gasteiger partial charge in [-0.2, -0.15) is 0 Å². The molecule has 0 saturated carbocycles. The summed E-state index contributed by atoms with van der Waals surface area (Å²) in [6.45, 7) is 2.76. The van der Waals surface area contributed by atoms with Gasteiger partial charge >= 0.3 is 5.97 Å². The van der Waals surface area contributed by atoms with Gasteiger partial charge < -0.3 is 20.4 Å². The summed E-state index contributed by atoms with van der Waals surface area (Å²) in [4.78, 5) is 33.8. The van der Waals surface area contributed by atoms with Gasteiger partial charge in [0.15, 0.2) is 11.4 Å². The molecule has 9 heteroatoms. The van der Waals surface area contributed by atoms with Crippen LogP contribution < -0.4 is 10.2 Å². The quantitative estimate of drug-likeness (QED) is 0.475. The molecule has 3 N–H and O–H groups in total. The molecule has 4 rings (SSSR count). The van der Waals surface area contributed by atoms with E-state index >= 15 is 0 Å². The fourth-order valence-corrected chi connectivity index (χ4v) is 4.27. The van der Waals surface area contributed by atoms with Gasteiger partial charge in [0.25, 0.3) is 5.91 Å². The predicted octanol–water partition coefficient (Wildman–Crippen LogP) is 3.57. The third kappa shape index (κ3) is 5.92. The molecule has 1 aliphatic heterocycles. The summed E-state index contributed by atoms with van der Waals surface area (Å²) in [5.41, 5.74) is 3.22. The van der Waals surface area contributed by atoms with Crippen molar-refractivity contribution in [1.82, 2.24) is 15.3 Å². The first-order chi connectivity index (χ1) is 16.8. The van der Waals surface area contributed by atoms with Crippen LogP contribution in [-0.4, -0.2) is 51.7 Å². The molecular weight excluding hydrogens is 451 g/mol. The molecule has 3 aromatic rings. The Labute approximate surface area is 202 Å². The number of nitrogens with one attached hydrogen (secondary N) is 1. The zero-order valence-corrected chi connectivity index (χ0v) is 19.4. The van der Waals surface area contributed by atoms with Crippen LogP contribution in [0.15, 0.2) is 48.5 Å². The lowest BCUT2D eigenvalue weighted by atomic mass is 9.92. The minimum absolute atomic E-state index is 0.201. The van der Waals surface area contributed by atoms with Crippen molar-refractivity contribution >= 4 is 17.6 Å². The number of amides is 1. The van der Waals surface area contributed by atoms with Gasteiger partial charge in [0.05, 0.1) is 5.69 Å². The first kappa shape index (κ1) is 24.1. The zero-order valence-electron chi connectivity index (χ0n) is 19.4. The van der Waals surface area contributed by atoms with Gasteiger partial charge in [-0.3, -0.25) is 9.59 Å². The number of rotatable bonds is 7. The van der Waals surface area contributed by atoms with Gasteiger partial charge in [-0.15, -0.1) is 0 Å². The Morgan fingerprint density at radius 1 is 1.03 bits per heavy atom. The number of anilines is 1. The second-order valence-corrected chi connectivity index (χ2v) is 8.69. The average molecular weight is 479 g/mol. The molecule has 0 aliphatic carbocycles. The number of nitrogens with zero attached hydrogens (tertiary/aromatic N) is 3. The minimum Gasteiger partial charge on any atom is -0.504 e. The Kier molecular flexibility index (Phi) is 7.24. The molecule has 1 saturated heterocycles. The van der Waals surface area contributed by atoms with Gasteiger partial charge in [-0.1, -0.05) is 24.3 Å². The number of aromatic nitrogens is 2. The summed E-state index contributed by atoms with van der Waals surface area (Å²) in [5.74, 6) is -1.72. The number of hydrogen-bond donors (Lipinski definition) is 3. The van der Waals surface area contributed by atoms with E-state index in [2.05, 4.69) is 32.3 Å². The molecule has 182 valence electrons. The van der Waals surface area contributed by atoms with E-state index in [0.717, 1.165) is 42.7 Å². The van der Waals surface area contributed by atoms with Crippen LogP contribution in [0, 0.1) is 18.7 Å². The van der Waals surface area contributed by atoms with E-state index in [1.807, 2.05) is 12.1 Å². The normalized spacial score (nSPS) is 14.1. The third-order valence-electron chi connectivity index (χ3n) is 6.22. The molecule has 0 atom stereocenters. The van der Waals surface area contributed by atoms with Crippen LogP contribution in [0.1, 0.15) is 34.8 Å². The highest BCUT2D eigenvalue weighted by Gasteiger charge is 2.23. The zero-order chi connectivity index (χ0) is 24.9. The highest BCUT2D eigenvalue weighted by atomic mass is 19.1. The predicted molar refractivity (Wildman–Crippen MR) is 129 cm³/mol. The Morgan fingerprint density at radius 3 is 2.23 bits per heavy atom. The fraction of sp³-hybridized carbons (Fsp3) is 0.308. The Bertz CT molecular complexity index is 1210. The standard InChI is InChI=1S/C26H27FN4O4/c1-16-25(34)24(26(35)28-15-23(32)33)30-22(29-16)14-17-10-12-31(13-11-17)21-8-4-19(5-9-21)18-2-6-20(27)7-3-18/h2-9,17,34H,10-15H2,1H3,(H,28,35)(H,32,33). The van der Waals surface area contributed by atoms with E-state index in [1.54, 1.807) is 19.1 Å². The summed E-state index contributed by atoms with van der Waals surface area (Å²) in [6.07, 6.45) is 2.41. The van der Waals surface area contributed by atoms with Crippen molar-refractivity contribution in [2.45, 2.75) is 26.2 Å². The van der Waals surface area contributed by atoms with Gasteiger partial charge in [-0.25, -0.2) is 14.4 Å². The number of carboxylic acid groups (broad SMARTS) is 1. The van der Waals surface area contributed by atoms with Crippen molar-refractivity contribution in [1.29, 1.82) is 0 Å². The molecular formula is C26H27FN4O4. The number of hydrogen-bond acceptors (Lipinski definition) is 6. The molecule has 1 amide bonds. The molecule has 0 radical (unpaired) electrons. The number of halogens is 1. The summed E-state index contributed by atoms with van der Waals surface area (Å²) >= 11 is 0. The average Bonchev–Trinajstić information content (AvgIpc) is 2.86. The van der Waals surface area contributed by atoms with Crippen LogP contribution in [-0.2, 0) is 11.2 Å². The summed E-state index contributed by atoms with van der Waals surface area (Å²) in [7, 11) is 0. The van der Waals surface area contributed by atoms with Gasteiger partial charge in [0, 0.05) is 25.2 Å². The van der Waals surface area contributed by atoms with E-state index < -0.39 is 18.4 Å². The number of carbonyl (C=O) groups excluding carboxylic acids is 1. The van der Waals surface area contributed by atoms with E-state index in [9.17, 15) is 19.1 Å². The highest BCUT2D eigenvalue weighted by Crippen LogP contribution is 2.28. The van der Waals surface area contributed by atoms with Crippen molar-refractivity contribution in [3.05, 3.63) is 71.6 Å². The Morgan fingerprint density at radius 2 is 1.63 bits per heavy atom. The van der Waals surface area contributed by atoms with E-state index in [0.29, 0.717) is 18.2 Å². The molecule has 1 aromatic heterocycles. The number of piperidine rings is 1. The number of carboxylic acids is 1. The summed E-state index contributed by atoms with van der Waals surface area (Å²) in [6, 6.07) is 14.7. The number of carbonyl (C=O) groups is 2. The summed E-state index contributed by atoms with van der Waals surface area (Å²) < 4.78 is 13.2. The van der Waals surface area contributed by atoms with Crippen LogP contribution in [0.25, 0.3) is 11.1 Å². The summed E-state index contributed by atoms with van der Waals surface area (Å²) in [5, 5.41) is 21.2. The Hall–Kier alpha value is -4.01. The molecule has 2 aromatic carbocycles. The topological polar surface area (TPSA) is 116 Å². The molecule has 1 aliphatic rings. The monoisotopic (exact) mass is 478 g/mol. The SMILES string of the molecule is Cc1nc(CC2CCN(c3ccc(-c4ccc(F)cc4)cc3)CC2)nc(C(=O)NCC(=O)O)c1O. The molecule has 8 nitrogen and oxygen atoms in total. The largest absolute Gasteiger partial charge is 0.504 e. The lowest BCUT2D eigenvalue weighted by Gasteiger charge is -2.33. The molecule has 35 heavy (non-hydrogen) atoms. The minimum atomic E-state index is -1.18. The second-order valence-electron chi connectivity index (χ2n) is 8.69. The highest BCUT2D eigenvalue weighted by molar-refractivity contribution is 5.96. The maximum absolute atomic E-state index is 13.2. The number of aryl methyl sites for hydroxylation is 1. The number of aliphatic carboxylic acids is 1. The van der Waals surface area contributed by atoms with Crippen molar-refractivity contribution < 1.29 is 24.2 Å². The number of aromatic hydroxyl groups is 1. The lowest BCUT2D eigenvalue weighted by molar-refractivity contribution is -0.135.